The van der Waals surface area contributed by atoms with E-state index in [9.17, 15) is 17.7 Å². The molecular formula is C10H11F4NS. The van der Waals surface area contributed by atoms with E-state index in [-0.39, 0.29) is 22.3 Å². The lowest BCUT2D eigenvalue weighted by Gasteiger charge is -2.20. The van der Waals surface area contributed by atoms with Gasteiger partial charge in [0.15, 0.2) is 0 Å². The molecule has 0 aromatic heterocycles. The molecule has 1 aromatic carbocycles. The smallest absolute Gasteiger partial charge is 0.208 e. The second-order valence-electron chi connectivity index (χ2n) is 3.42. The summed E-state index contributed by atoms with van der Waals surface area (Å²) in [5.41, 5.74) is -4.46. The van der Waals surface area contributed by atoms with Crippen LogP contribution < -0.4 is 5.12 Å². The lowest BCUT2D eigenvalue weighted by Crippen LogP contribution is -2.21. The van der Waals surface area contributed by atoms with E-state index < -0.39 is 11.6 Å². The molecule has 0 atom stereocenters. The standard InChI is InChI=1S/C10H11F4NS/c1-7(2)15(14)8-5-3-4-6-9(8)16-10(11,12)13/h3-7H,1-2H3. The van der Waals surface area contributed by atoms with E-state index in [0.29, 0.717) is 5.12 Å². The predicted molar refractivity (Wildman–Crippen MR) is 57.1 cm³/mol. The van der Waals surface area contributed by atoms with E-state index in [1.165, 1.54) is 24.3 Å². The van der Waals surface area contributed by atoms with E-state index in [4.69, 9.17) is 0 Å². The van der Waals surface area contributed by atoms with Crippen LogP contribution in [-0.2, 0) is 0 Å². The first-order valence-electron chi connectivity index (χ1n) is 4.61. The Morgan fingerprint density at radius 1 is 1.19 bits per heavy atom. The number of nitrogens with zero attached hydrogens (tertiary/aromatic N) is 1. The Labute approximate surface area is 95.4 Å². The summed E-state index contributed by atoms with van der Waals surface area (Å²) in [5.74, 6) is 0. The molecule has 0 aliphatic carbocycles. The monoisotopic (exact) mass is 253 g/mol. The van der Waals surface area contributed by atoms with E-state index in [0.717, 1.165) is 0 Å². The van der Waals surface area contributed by atoms with Crippen LogP contribution in [0.25, 0.3) is 0 Å². The van der Waals surface area contributed by atoms with Gasteiger partial charge in [-0.05, 0) is 37.7 Å². The van der Waals surface area contributed by atoms with Gasteiger partial charge in [0.05, 0.1) is 11.7 Å². The van der Waals surface area contributed by atoms with Gasteiger partial charge in [-0.2, -0.15) is 13.2 Å². The average molecular weight is 253 g/mol. The second-order valence-corrected chi connectivity index (χ2v) is 4.53. The molecule has 0 amide bonds. The van der Waals surface area contributed by atoms with Crippen molar-refractivity contribution in [2.24, 2.45) is 0 Å². The van der Waals surface area contributed by atoms with Gasteiger partial charge in [0.2, 0.25) is 0 Å². The van der Waals surface area contributed by atoms with Crippen molar-refractivity contribution in [3.05, 3.63) is 24.3 Å². The largest absolute Gasteiger partial charge is 0.446 e. The molecule has 6 heteroatoms. The minimum atomic E-state index is -4.41. The summed E-state index contributed by atoms with van der Waals surface area (Å²) in [4.78, 5) is -0.133. The number of halogens is 4. The quantitative estimate of drug-likeness (QED) is 0.446. The molecule has 1 nitrogen and oxygen atoms in total. The maximum absolute atomic E-state index is 13.5. The molecule has 0 radical (unpaired) electrons. The van der Waals surface area contributed by atoms with E-state index >= 15 is 0 Å². The van der Waals surface area contributed by atoms with Crippen LogP contribution in [0, 0.1) is 0 Å². The lowest BCUT2D eigenvalue weighted by molar-refractivity contribution is -0.0328. The van der Waals surface area contributed by atoms with E-state index in [2.05, 4.69) is 0 Å². The molecule has 0 heterocycles. The first-order valence-corrected chi connectivity index (χ1v) is 5.42. The van der Waals surface area contributed by atoms with Crippen molar-refractivity contribution in [1.82, 2.24) is 0 Å². The van der Waals surface area contributed by atoms with Gasteiger partial charge in [-0.15, -0.1) is 0 Å². The minimum absolute atomic E-state index is 0.0557. The van der Waals surface area contributed by atoms with E-state index in [1.807, 2.05) is 0 Å². The Kier molecular flexibility index (Phi) is 4.07. The Morgan fingerprint density at radius 3 is 2.25 bits per heavy atom. The third kappa shape index (κ3) is 3.59. The number of rotatable bonds is 3. The highest BCUT2D eigenvalue weighted by Gasteiger charge is 2.31. The number of para-hydroxylation sites is 1. The van der Waals surface area contributed by atoms with Crippen LogP contribution in [-0.4, -0.2) is 11.6 Å². The number of hydrogen-bond donors (Lipinski definition) is 0. The summed E-state index contributed by atoms with van der Waals surface area (Å²) >= 11 is -0.309. The molecule has 16 heavy (non-hydrogen) atoms. The van der Waals surface area contributed by atoms with Crippen molar-refractivity contribution >= 4 is 17.4 Å². The fraction of sp³-hybridized carbons (Fsp3) is 0.400. The van der Waals surface area contributed by atoms with Gasteiger partial charge >= 0.3 is 5.51 Å². The van der Waals surface area contributed by atoms with Gasteiger partial charge in [-0.3, -0.25) is 0 Å². The highest BCUT2D eigenvalue weighted by atomic mass is 32.2. The van der Waals surface area contributed by atoms with Crippen molar-refractivity contribution < 1.29 is 17.7 Å². The fourth-order valence-corrected chi connectivity index (χ4v) is 1.78. The van der Waals surface area contributed by atoms with Crippen LogP contribution >= 0.6 is 11.8 Å². The Bertz CT molecular complexity index is 351. The zero-order chi connectivity index (χ0) is 12.3. The molecule has 90 valence electrons. The molecule has 0 saturated carbocycles. The first kappa shape index (κ1) is 13.2. The molecule has 1 rings (SSSR count). The van der Waals surface area contributed by atoms with Crippen molar-refractivity contribution in [3.8, 4) is 0 Å². The average Bonchev–Trinajstić information content (AvgIpc) is 2.15. The summed E-state index contributed by atoms with van der Waals surface area (Å²) in [6.45, 7) is 3.13. The fourth-order valence-electron chi connectivity index (χ4n) is 1.12. The Morgan fingerprint density at radius 2 is 1.75 bits per heavy atom. The molecule has 0 aliphatic rings. The summed E-state index contributed by atoms with van der Waals surface area (Å²) in [6.07, 6.45) is 0. The normalized spacial score (nSPS) is 11.9. The number of hydrogen-bond acceptors (Lipinski definition) is 2. The second kappa shape index (κ2) is 4.95. The molecule has 0 unspecified atom stereocenters. The highest BCUT2D eigenvalue weighted by Crippen LogP contribution is 2.41. The maximum Gasteiger partial charge on any atom is 0.446 e. The molecule has 0 N–H and O–H groups in total. The zero-order valence-electron chi connectivity index (χ0n) is 8.75. The maximum atomic E-state index is 13.5. The van der Waals surface area contributed by atoms with Crippen molar-refractivity contribution in [1.29, 1.82) is 0 Å². The summed E-state index contributed by atoms with van der Waals surface area (Å²) < 4.78 is 50.2. The summed E-state index contributed by atoms with van der Waals surface area (Å²) in [6, 6.07) is 5.03. The topological polar surface area (TPSA) is 3.24 Å². The third-order valence-electron chi connectivity index (χ3n) is 1.77. The number of benzene rings is 1. The minimum Gasteiger partial charge on any atom is -0.208 e. The number of alkyl halides is 3. The molecule has 0 fully saturated rings. The van der Waals surface area contributed by atoms with Crippen molar-refractivity contribution in [2.45, 2.75) is 30.3 Å². The Hall–Kier alpha value is -0.910. The van der Waals surface area contributed by atoms with Gasteiger partial charge in [-0.1, -0.05) is 16.6 Å². The molecule has 1 aromatic rings. The number of thioether (sulfide) groups is 1. The van der Waals surface area contributed by atoms with Crippen LogP contribution in [0.5, 0.6) is 0 Å². The lowest BCUT2D eigenvalue weighted by atomic mass is 10.3. The zero-order valence-corrected chi connectivity index (χ0v) is 9.57. The highest BCUT2D eigenvalue weighted by molar-refractivity contribution is 8.00. The van der Waals surface area contributed by atoms with Crippen molar-refractivity contribution in [2.75, 3.05) is 5.12 Å². The van der Waals surface area contributed by atoms with Crippen LogP contribution in [0.15, 0.2) is 29.2 Å². The van der Waals surface area contributed by atoms with Crippen LogP contribution in [0.4, 0.5) is 23.3 Å². The molecular weight excluding hydrogens is 242 g/mol. The van der Waals surface area contributed by atoms with Gasteiger partial charge in [-0.25, -0.2) is 5.12 Å². The molecule has 0 saturated heterocycles. The van der Waals surface area contributed by atoms with Gasteiger partial charge in [0.25, 0.3) is 0 Å². The third-order valence-corrected chi connectivity index (χ3v) is 2.57. The summed E-state index contributed by atoms with van der Waals surface area (Å²) in [5, 5.41) is 0.327. The summed E-state index contributed by atoms with van der Waals surface area (Å²) in [7, 11) is 0. The van der Waals surface area contributed by atoms with Crippen LogP contribution in [0.2, 0.25) is 0 Å². The van der Waals surface area contributed by atoms with Crippen LogP contribution in [0.1, 0.15) is 13.8 Å². The SMILES string of the molecule is CC(C)N(F)c1ccccc1SC(F)(F)F. The van der Waals surface area contributed by atoms with Gasteiger partial charge in [0.1, 0.15) is 0 Å². The first-order chi connectivity index (χ1) is 7.31. The predicted octanol–water partition coefficient (Wildman–Crippen LogP) is 4.40. The molecule has 0 aliphatic heterocycles. The molecule has 0 bridgehead atoms. The Balaban J connectivity index is 3.01. The number of anilines is 1. The molecule has 0 spiro atoms. The van der Waals surface area contributed by atoms with Gasteiger partial charge < -0.3 is 0 Å². The van der Waals surface area contributed by atoms with Gasteiger partial charge in [0, 0.05) is 4.90 Å². The van der Waals surface area contributed by atoms with Crippen molar-refractivity contribution in [3.63, 3.8) is 0 Å². The van der Waals surface area contributed by atoms with E-state index in [1.54, 1.807) is 13.8 Å². The van der Waals surface area contributed by atoms with Crippen LogP contribution in [0.3, 0.4) is 0 Å².